The maximum absolute atomic E-state index is 12.8. The number of amides is 1. The minimum absolute atomic E-state index is 0.00469. The first-order valence-corrected chi connectivity index (χ1v) is 8.97. The molecule has 1 fully saturated rings. The van der Waals surface area contributed by atoms with Crippen LogP contribution in [0.2, 0.25) is 0 Å². The Morgan fingerprint density at radius 3 is 2.88 bits per heavy atom. The van der Waals surface area contributed by atoms with E-state index in [2.05, 4.69) is 18.8 Å². The molecule has 3 rings (SSSR count). The van der Waals surface area contributed by atoms with E-state index < -0.39 is 0 Å². The summed E-state index contributed by atoms with van der Waals surface area (Å²) in [5.74, 6) is 0.321. The van der Waals surface area contributed by atoms with Gasteiger partial charge in [0.15, 0.2) is 0 Å². The van der Waals surface area contributed by atoms with Crippen molar-refractivity contribution in [3.63, 3.8) is 0 Å². The second-order valence-corrected chi connectivity index (χ2v) is 7.28. The predicted octanol–water partition coefficient (Wildman–Crippen LogP) is 3.00. The molecule has 1 amide bonds. The number of ether oxygens (including phenoxy) is 1. The standard InChI is InChI=1S/C20H26N2O3/c1-13(2)11-22(20(24)17-8-5-9-25-17)12-16-10-15-7-4-6-14(3)18(15)21-19(16)23/h4,6-7,10,13,17H,5,8-9,11-12H2,1-3H3,(H,21,23). The molecule has 1 unspecified atom stereocenters. The summed E-state index contributed by atoms with van der Waals surface area (Å²) in [6.45, 7) is 7.69. The number of fused-ring (bicyclic) bond motifs is 1. The highest BCUT2D eigenvalue weighted by atomic mass is 16.5. The summed E-state index contributed by atoms with van der Waals surface area (Å²) < 4.78 is 5.55. The van der Waals surface area contributed by atoms with Gasteiger partial charge < -0.3 is 14.6 Å². The molecule has 0 saturated carbocycles. The molecule has 1 aromatic heterocycles. The highest BCUT2D eigenvalue weighted by molar-refractivity contribution is 5.83. The van der Waals surface area contributed by atoms with E-state index in [0.29, 0.717) is 31.2 Å². The van der Waals surface area contributed by atoms with Crippen molar-refractivity contribution in [1.29, 1.82) is 0 Å². The fraction of sp³-hybridized carbons (Fsp3) is 0.500. The van der Waals surface area contributed by atoms with E-state index in [0.717, 1.165) is 29.3 Å². The number of aromatic nitrogens is 1. The molecular weight excluding hydrogens is 316 g/mol. The molecule has 2 heterocycles. The number of carbonyl (C=O) groups is 1. The minimum Gasteiger partial charge on any atom is -0.368 e. The normalized spacial score (nSPS) is 17.4. The summed E-state index contributed by atoms with van der Waals surface area (Å²) in [7, 11) is 0. The van der Waals surface area contributed by atoms with E-state index in [9.17, 15) is 9.59 Å². The van der Waals surface area contributed by atoms with Gasteiger partial charge in [-0.1, -0.05) is 32.0 Å². The molecule has 1 atom stereocenters. The van der Waals surface area contributed by atoms with Crippen molar-refractivity contribution in [3.8, 4) is 0 Å². The Hall–Kier alpha value is -2.14. The van der Waals surface area contributed by atoms with Gasteiger partial charge in [-0.25, -0.2) is 0 Å². The minimum atomic E-state index is -0.361. The Morgan fingerprint density at radius 1 is 1.40 bits per heavy atom. The zero-order valence-corrected chi connectivity index (χ0v) is 15.2. The fourth-order valence-electron chi connectivity index (χ4n) is 3.40. The molecule has 5 nitrogen and oxygen atoms in total. The molecule has 1 aliphatic rings. The molecule has 0 bridgehead atoms. The molecule has 0 aliphatic carbocycles. The van der Waals surface area contributed by atoms with Gasteiger partial charge in [0, 0.05) is 18.7 Å². The van der Waals surface area contributed by atoms with E-state index in [1.54, 1.807) is 4.90 Å². The van der Waals surface area contributed by atoms with Crippen LogP contribution in [0.5, 0.6) is 0 Å². The Labute approximate surface area is 148 Å². The largest absolute Gasteiger partial charge is 0.368 e. The van der Waals surface area contributed by atoms with Crippen LogP contribution >= 0.6 is 0 Å². The molecule has 1 saturated heterocycles. The van der Waals surface area contributed by atoms with Crippen molar-refractivity contribution < 1.29 is 9.53 Å². The molecule has 1 aromatic carbocycles. The first kappa shape index (κ1) is 17.7. The molecule has 134 valence electrons. The Morgan fingerprint density at radius 2 is 2.20 bits per heavy atom. The number of aryl methyl sites for hydroxylation is 1. The molecular formula is C20H26N2O3. The van der Waals surface area contributed by atoms with E-state index in [-0.39, 0.29) is 17.6 Å². The number of benzene rings is 1. The van der Waals surface area contributed by atoms with E-state index >= 15 is 0 Å². The van der Waals surface area contributed by atoms with Crippen LogP contribution in [0, 0.1) is 12.8 Å². The van der Waals surface area contributed by atoms with Gasteiger partial charge in [-0.3, -0.25) is 9.59 Å². The highest BCUT2D eigenvalue weighted by Gasteiger charge is 2.29. The van der Waals surface area contributed by atoms with Crippen LogP contribution in [0.4, 0.5) is 0 Å². The first-order chi connectivity index (χ1) is 12.0. The number of H-pyrrole nitrogens is 1. The number of nitrogens with zero attached hydrogens (tertiary/aromatic N) is 1. The second kappa shape index (κ2) is 7.40. The number of pyridine rings is 1. The third-order valence-corrected chi connectivity index (χ3v) is 4.63. The average Bonchev–Trinajstić information content (AvgIpc) is 3.09. The SMILES string of the molecule is Cc1cccc2cc(CN(CC(C)C)C(=O)C3CCCO3)c(=O)[nH]c12. The highest BCUT2D eigenvalue weighted by Crippen LogP contribution is 2.19. The van der Waals surface area contributed by atoms with E-state index in [1.807, 2.05) is 31.2 Å². The van der Waals surface area contributed by atoms with Crippen LogP contribution in [0.1, 0.15) is 37.8 Å². The third-order valence-electron chi connectivity index (χ3n) is 4.63. The molecule has 25 heavy (non-hydrogen) atoms. The summed E-state index contributed by atoms with van der Waals surface area (Å²) in [6, 6.07) is 7.83. The first-order valence-electron chi connectivity index (χ1n) is 8.97. The average molecular weight is 342 g/mol. The zero-order valence-electron chi connectivity index (χ0n) is 15.2. The van der Waals surface area contributed by atoms with Gasteiger partial charge >= 0.3 is 0 Å². The lowest BCUT2D eigenvalue weighted by atomic mass is 10.1. The molecule has 1 N–H and O–H groups in total. The van der Waals surface area contributed by atoms with Crippen LogP contribution in [0.15, 0.2) is 29.1 Å². The van der Waals surface area contributed by atoms with Crippen molar-refractivity contribution in [2.24, 2.45) is 5.92 Å². The number of rotatable bonds is 5. The fourth-order valence-corrected chi connectivity index (χ4v) is 3.40. The molecule has 1 aliphatic heterocycles. The number of aromatic amines is 1. The number of hydrogen-bond donors (Lipinski definition) is 1. The van der Waals surface area contributed by atoms with Gasteiger partial charge in [0.25, 0.3) is 11.5 Å². The van der Waals surface area contributed by atoms with Crippen LogP contribution in [-0.2, 0) is 16.1 Å². The zero-order chi connectivity index (χ0) is 18.0. The molecule has 5 heteroatoms. The smallest absolute Gasteiger partial charge is 0.253 e. The van der Waals surface area contributed by atoms with E-state index in [1.165, 1.54) is 0 Å². The van der Waals surface area contributed by atoms with Crippen LogP contribution in [0.25, 0.3) is 10.9 Å². The lowest BCUT2D eigenvalue weighted by Gasteiger charge is -2.27. The van der Waals surface area contributed by atoms with Crippen molar-refractivity contribution in [2.75, 3.05) is 13.2 Å². The lowest BCUT2D eigenvalue weighted by molar-refractivity contribution is -0.142. The topological polar surface area (TPSA) is 62.4 Å². The van der Waals surface area contributed by atoms with Crippen LogP contribution in [-0.4, -0.2) is 35.0 Å². The van der Waals surface area contributed by atoms with Gasteiger partial charge in [0.2, 0.25) is 0 Å². The number of para-hydroxylation sites is 1. The summed E-state index contributed by atoms with van der Waals surface area (Å²) in [6.07, 6.45) is 1.32. The molecule has 2 aromatic rings. The van der Waals surface area contributed by atoms with Crippen LogP contribution < -0.4 is 5.56 Å². The number of nitrogens with one attached hydrogen (secondary N) is 1. The second-order valence-electron chi connectivity index (χ2n) is 7.28. The van der Waals surface area contributed by atoms with Crippen LogP contribution in [0.3, 0.4) is 0 Å². The number of hydrogen-bond acceptors (Lipinski definition) is 3. The summed E-state index contributed by atoms with van der Waals surface area (Å²) in [5.41, 5.74) is 2.38. The Bertz CT molecular complexity index is 819. The van der Waals surface area contributed by atoms with Gasteiger partial charge in [0.1, 0.15) is 6.10 Å². The molecule has 0 radical (unpaired) electrons. The third kappa shape index (κ3) is 3.93. The maximum Gasteiger partial charge on any atom is 0.253 e. The van der Waals surface area contributed by atoms with Gasteiger partial charge in [-0.15, -0.1) is 0 Å². The van der Waals surface area contributed by atoms with E-state index in [4.69, 9.17) is 4.74 Å². The van der Waals surface area contributed by atoms with Gasteiger partial charge in [0.05, 0.1) is 12.1 Å². The molecule has 0 spiro atoms. The monoisotopic (exact) mass is 342 g/mol. The van der Waals surface area contributed by atoms with Gasteiger partial charge in [-0.05, 0) is 42.7 Å². The van der Waals surface area contributed by atoms with Crippen molar-refractivity contribution in [3.05, 3.63) is 45.7 Å². The van der Waals surface area contributed by atoms with Crippen molar-refractivity contribution >= 4 is 16.8 Å². The number of carbonyl (C=O) groups excluding carboxylic acids is 1. The van der Waals surface area contributed by atoms with Gasteiger partial charge in [-0.2, -0.15) is 0 Å². The van der Waals surface area contributed by atoms with Crippen molar-refractivity contribution in [2.45, 2.75) is 46.3 Å². The Kier molecular flexibility index (Phi) is 5.23. The quantitative estimate of drug-likeness (QED) is 0.908. The van der Waals surface area contributed by atoms with Crippen molar-refractivity contribution in [1.82, 2.24) is 9.88 Å². The predicted molar refractivity (Wildman–Crippen MR) is 98.5 cm³/mol. The summed E-state index contributed by atoms with van der Waals surface area (Å²) in [4.78, 5) is 30.1. The Balaban J connectivity index is 1.90. The summed E-state index contributed by atoms with van der Waals surface area (Å²) in [5, 5.41) is 0.990. The lowest BCUT2D eigenvalue weighted by Crippen LogP contribution is -2.41. The maximum atomic E-state index is 12.8. The summed E-state index contributed by atoms with van der Waals surface area (Å²) >= 11 is 0.